The van der Waals surface area contributed by atoms with Crippen LogP contribution >= 0.6 is 0 Å². The Hall–Kier alpha value is -2.10. The summed E-state index contributed by atoms with van der Waals surface area (Å²) in [6, 6.07) is 6.96. The fourth-order valence-corrected chi connectivity index (χ4v) is 2.31. The van der Waals surface area contributed by atoms with E-state index in [2.05, 4.69) is 6.58 Å². The molecular formula is C16H20O4. The molecule has 4 heteroatoms. The topological polar surface area (TPSA) is 63.6 Å². The summed E-state index contributed by atoms with van der Waals surface area (Å²) in [5.41, 5.74) is 0.0783. The van der Waals surface area contributed by atoms with Crippen LogP contribution in [0.25, 0.3) is 0 Å². The van der Waals surface area contributed by atoms with Crippen LogP contribution in [0.4, 0.5) is 0 Å². The van der Waals surface area contributed by atoms with Crippen LogP contribution in [0.3, 0.4) is 0 Å². The third kappa shape index (κ3) is 2.90. The molecule has 0 spiro atoms. The first-order valence-electron chi connectivity index (χ1n) is 6.47. The third-order valence-corrected chi connectivity index (χ3v) is 3.16. The lowest BCUT2D eigenvalue weighted by atomic mass is 9.74. The van der Waals surface area contributed by atoms with E-state index in [0.717, 1.165) is 5.56 Å². The average Bonchev–Trinajstić information content (AvgIpc) is 2.36. The van der Waals surface area contributed by atoms with Crippen molar-refractivity contribution in [2.24, 2.45) is 0 Å². The van der Waals surface area contributed by atoms with Gasteiger partial charge in [0.25, 0.3) is 0 Å². The molecule has 0 amide bonds. The highest BCUT2D eigenvalue weighted by molar-refractivity contribution is 6.06. The van der Waals surface area contributed by atoms with E-state index < -0.39 is 17.4 Å². The minimum Gasteiger partial charge on any atom is -0.480 e. The highest BCUT2D eigenvalue weighted by atomic mass is 16.5. The first kappa shape index (κ1) is 16.0. The largest absolute Gasteiger partial charge is 0.480 e. The fraction of sp³-hybridized carbons (Fsp3) is 0.375. The molecule has 0 aromatic heterocycles. The second-order valence-corrected chi connectivity index (χ2v) is 4.88. The number of rotatable bonds is 6. The van der Waals surface area contributed by atoms with Crippen molar-refractivity contribution >= 4 is 11.9 Å². The minimum atomic E-state index is -1.73. The van der Waals surface area contributed by atoms with Crippen molar-refractivity contribution in [2.75, 3.05) is 6.61 Å². The fourth-order valence-electron chi connectivity index (χ4n) is 2.31. The number of hydrogen-bond acceptors (Lipinski definition) is 3. The number of ether oxygens (including phenoxy) is 1. The van der Waals surface area contributed by atoms with E-state index >= 15 is 0 Å². The molecule has 0 aliphatic heterocycles. The Morgan fingerprint density at radius 3 is 2.40 bits per heavy atom. The Balaban J connectivity index is 3.53. The van der Waals surface area contributed by atoms with Gasteiger partial charge in [0.15, 0.2) is 5.41 Å². The van der Waals surface area contributed by atoms with Crippen molar-refractivity contribution in [3.05, 3.63) is 47.5 Å². The molecule has 0 saturated heterocycles. The van der Waals surface area contributed by atoms with Gasteiger partial charge in [0.05, 0.1) is 6.61 Å². The number of carbonyl (C=O) groups is 2. The molecule has 1 aromatic carbocycles. The van der Waals surface area contributed by atoms with Crippen molar-refractivity contribution in [1.29, 1.82) is 0 Å². The van der Waals surface area contributed by atoms with E-state index in [1.54, 1.807) is 45.0 Å². The van der Waals surface area contributed by atoms with E-state index in [-0.39, 0.29) is 13.0 Å². The van der Waals surface area contributed by atoms with Crippen LogP contribution in [0.1, 0.15) is 31.4 Å². The number of carboxylic acids is 1. The van der Waals surface area contributed by atoms with Crippen molar-refractivity contribution < 1.29 is 19.4 Å². The molecule has 1 N–H and O–H groups in total. The van der Waals surface area contributed by atoms with Gasteiger partial charge >= 0.3 is 11.9 Å². The van der Waals surface area contributed by atoms with Gasteiger partial charge < -0.3 is 9.84 Å². The lowest BCUT2D eigenvalue weighted by Gasteiger charge is -2.29. The van der Waals surface area contributed by atoms with E-state index in [9.17, 15) is 14.7 Å². The summed E-state index contributed by atoms with van der Waals surface area (Å²) in [6.45, 7) is 9.03. The lowest BCUT2D eigenvalue weighted by Crippen LogP contribution is -2.45. The maximum Gasteiger partial charge on any atom is 0.328 e. The van der Waals surface area contributed by atoms with Crippen LogP contribution in [0.5, 0.6) is 0 Å². The van der Waals surface area contributed by atoms with Gasteiger partial charge in [0, 0.05) is 0 Å². The molecule has 0 saturated carbocycles. The number of hydrogen-bond donors (Lipinski definition) is 1. The summed E-state index contributed by atoms with van der Waals surface area (Å²) in [5, 5.41) is 9.71. The van der Waals surface area contributed by atoms with Crippen molar-refractivity contribution in [2.45, 2.75) is 32.6 Å². The first-order chi connectivity index (χ1) is 9.36. The predicted molar refractivity (Wildman–Crippen MR) is 76.6 cm³/mol. The molecule has 1 atom stereocenters. The van der Waals surface area contributed by atoms with E-state index in [1.165, 1.54) is 0 Å². The summed E-state index contributed by atoms with van der Waals surface area (Å²) in [7, 11) is 0. The highest BCUT2D eigenvalue weighted by Gasteiger charge is 2.50. The lowest BCUT2D eigenvalue weighted by molar-refractivity contribution is -0.161. The van der Waals surface area contributed by atoms with E-state index in [4.69, 9.17) is 4.74 Å². The minimum absolute atomic E-state index is 0.0199. The van der Waals surface area contributed by atoms with Crippen molar-refractivity contribution in [1.82, 2.24) is 0 Å². The van der Waals surface area contributed by atoms with Gasteiger partial charge in [0.1, 0.15) is 0 Å². The molecule has 0 aliphatic carbocycles. The number of allylic oxidation sites excluding steroid dienone is 1. The molecule has 1 unspecified atom stereocenters. The monoisotopic (exact) mass is 276 g/mol. The summed E-state index contributed by atoms with van der Waals surface area (Å²) in [6.07, 6.45) is 0.0199. The number of benzene rings is 1. The van der Waals surface area contributed by atoms with Gasteiger partial charge in [-0.25, -0.2) is 0 Å². The number of aryl methyl sites for hydroxylation is 1. The summed E-state index contributed by atoms with van der Waals surface area (Å²) in [5.74, 6) is -1.96. The first-order valence-corrected chi connectivity index (χ1v) is 6.47. The van der Waals surface area contributed by atoms with Crippen LogP contribution in [0, 0.1) is 6.92 Å². The summed E-state index contributed by atoms with van der Waals surface area (Å²) in [4.78, 5) is 24.2. The molecule has 0 radical (unpaired) electrons. The second-order valence-electron chi connectivity index (χ2n) is 4.88. The molecule has 4 nitrogen and oxygen atoms in total. The molecule has 108 valence electrons. The number of esters is 1. The van der Waals surface area contributed by atoms with Crippen LogP contribution in [-0.2, 0) is 19.7 Å². The van der Waals surface area contributed by atoms with Gasteiger partial charge in [-0.1, -0.05) is 29.8 Å². The molecule has 0 bridgehead atoms. The predicted octanol–water partition coefficient (Wildman–Crippen LogP) is 2.85. The Kier molecular flexibility index (Phi) is 5.08. The Morgan fingerprint density at radius 1 is 1.35 bits per heavy atom. The smallest absolute Gasteiger partial charge is 0.328 e. The molecule has 0 aliphatic rings. The summed E-state index contributed by atoms with van der Waals surface area (Å²) < 4.78 is 5.02. The van der Waals surface area contributed by atoms with Gasteiger partial charge in [-0.05, 0) is 38.3 Å². The van der Waals surface area contributed by atoms with Crippen molar-refractivity contribution in [3.8, 4) is 0 Å². The zero-order valence-electron chi connectivity index (χ0n) is 12.1. The van der Waals surface area contributed by atoms with Gasteiger partial charge in [-0.2, -0.15) is 0 Å². The highest BCUT2D eigenvalue weighted by Crippen LogP contribution is 2.35. The number of aliphatic carboxylic acids is 1. The van der Waals surface area contributed by atoms with Crippen LogP contribution in [-0.4, -0.2) is 23.7 Å². The standard InChI is InChI=1S/C16H20O4/c1-5-20-15(19)16(14(17)18,10-11(2)3)13-9-7-6-8-12(13)4/h6-9H,2,5,10H2,1,3-4H3,(H,17,18). The van der Waals surface area contributed by atoms with Gasteiger partial charge in [-0.15, -0.1) is 6.58 Å². The summed E-state index contributed by atoms with van der Waals surface area (Å²) >= 11 is 0. The Bertz CT molecular complexity index is 533. The molecule has 20 heavy (non-hydrogen) atoms. The Labute approximate surface area is 119 Å². The van der Waals surface area contributed by atoms with E-state index in [0.29, 0.717) is 11.1 Å². The van der Waals surface area contributed by atoms with Gasteiger partial charge in [0.2, 0.25) is 0 Å². The quantitative estimate of drug-likeness (QED) is 0.493. The molecule has 1 aromatic rings. The van der Waals surface area contributed by atoms with Crippen LogP contribution < -0.4 is 0 Å². The SMILES string of the molecule is C=C(C)CC(C(=O)O)(C(=O)OCC)c1ccccc1C. The molecular weight excluding hydrogens is 256 g/mol. The van der Waals surface area contributed by atoms with Crippen molar-refractivity contribution in [3.63, 3.8) is 0 Å². The molecule has 0 fully saturated rings. The zero-order valence-corrected chi connectivity index (χ0v) is 12.1. The van der Waals surface area contributed by atoms with Crippen LogP contribution in [0.2, 0.25) is 0 Å². The van der Waals surface area contributed by atoms with E-state index in [1.807, 2.05) is 0 Å². The zero-order chi connectivity index (χ0) is 15.3. The second kappa shape index (κ2) is 6.37. The maximum absolute atomic E-state index is 12.4. The Morgan fingerprint density at radius 2 is 1.95 bits per heavy atom. The van der Waals surface area contributed by atoms with Gasteiger partial charge in [-0.3, -0.25) is 9.59 Å². The maximum atomic E-state index is 12.4. The molecule has 1 rings (SSSR count). The normalized spacial score (nSPS) is 13.3. The molecule has 0 heterocycles. The number of carboxylic acid groups (broad SMARTS) is 1. The number of carbonyl (C=O) groups excluding carboxylic acids is 1. The van der Waals surface area contributed by atoms with Crippen LogP contribution in [0.15, 0.2) is 36.4 Å². The average molecular weight is 276 g/mol. The third-order valence-electron chi connectivity index (χ3n) is 3.16.